The van der Waals surface area contributed by atoms with E-state index in [0.717, 1.165) is 24.0 Å². The van der Waals surface area contributed by atoms with E-state index in [-0.39, 0.29) is 35.5 Å². The Kier molecular flexibility index (Phi) is 7.50. The molecule has 4 fully saturated rings. The lowest BCUT2D eigenvalue weighted by Gasteiger charge is -2.64. The van der Waals surface area contributed by atoms with Crippen LogP contribution < -0.4 is 15.8 Å². The Morgan fingerprint density at radius 3 is 2.38 bits per heavy atom. The number of ether oxygens (including phenoxy) is 1. The molecule has 6 nitrogen and oxygen atoms in total. The second-order valence-electron chi connectivity index (χ2n) is 12.0. The monoisotopic (exact) mass is 544 g/mol. The number of hydrogen-bond donors (Lipinski definition) is 2. The summed E-state index contributed by atoms with van der Waals surface area (Å²) in [5, 5.41) is 2.98. The molecule has 2 aromatic carbocycles. The van der Waals surface area contributed by atoms with Crippen LogP contribution in [-0.2, 0) is 26.9 Å². The Hall–Kier alpha value is -2.56. The normalized spacial score (nSPS) is 28.7. The van der Waals surface area contributed by atoms with Gasteiger partial charge in [-0.25, -0.2) is 0 Å². The summed E-state index contributed by atoms with van der Waals surface area (Å²) in [6, 6.07) is 14.6. The SMILES string of the molecule is CC1(C)C2CC3OB([C@@H](CNC(=O)[C@@H](N)Cc4ccccc4)Cc4ccc(OC(F)(F)F)cc4)O[C@]3(C)C1C2. The summed E-state index contributed by atoms with van der Waals surface area (Å²) in [6.45, 7) is 6.97. The molecular formula is C29H36BF3N2O4. The van der Waals surface area contributed by atoms with Crippen molar-refractivity contribution in [1.82, 2.24) is 5.32 Å². The molecule has 1 aliphatic heterocycles. The Morgan fingerprint density at radius 2 is 1.74 bits per heavy atom. The van der Waals surface area contributed by atoms with Crippen LogP contribution in [0.1, 0.15) is 44.7 Å². The van der Waals surface area contributed by atoms with Crippen molar-refractivity contribution in [1.29, 1.82) is 0 Å². The molecule has 10 heteroatoms. The molecule has 0 aromatic heterocycles. The maximum atomic E-state index is 12.9. The van der Waals surface area contributed by atoms with Crippen molar-refractivity contribution >= 4 is 13.0 Å². The van der Waals surface area contributed by atoms with E-state index in [1.807, 2.05) is 30.3 Å². The fourth-order valence-electron chi connectivity index (χ4n) is 6.82. The summed E-state index contributed by atoms with van der Waals surface area (Å²) in [5.41, 5.74) is 7.72. The van der Waals surface area contributed by atoms with E-state index < -0.39 is 25.1 Å². The van der Waals surface area contributed by atoms with Crippen molar-refractivity contribution in [2.75, 3.05) is 6.54 Å². The fraction of sp³-hybridized carbons (Fsp3) is 0.552. The van der Waals surface area contributed by atoms with Gasteiger partial charge >= 0.3 is 13.5 Å². The molecule has 1 heterocycles. The topological polar surface area (TPSA) is 82.8 Å². The maximum absolute atomic E-state index is 12.9. The quantitative estimate of drug-likeness (QED) is 0.439. The van der Waals surface area contributed by atoms with Crippen molar-refractivity contribution in [3.63, 3.8) is 0 Å². The number of amides is 1. The molecule has 210 valence electrons. The zero-order valence-corrected chi connectivity index (χ0v) is 22.5. The number of halogens is 3. The molecule has 3 aliphatic carbocycles. The first-order valence-corrected chi connectivity index (χ1v) is 13.6. The molecular weight excluding hydrogens is 508 g/mol. The van der Waals surface area contributed by atoms with Crippen LogP contribution in [0.2, 0.25) is 5.82 Å². The summed E-state index contributed by atoms with van der Waals surface area (Å²) in [5.74, 6) is 0.153. The summed E-state index contributed by atoms with van der Waals surface area (Å²) >= 11 is 0. The van der Waals surface area contributed by atoms with Crippen molar-refractivity contribution in [2.24, 2.45) is 23.0 Å². The molecule has 6 atom stereocenters. The number of benzene rings is 2. The van der Waals surface area contributed by atoms with Gasteiger partial charge in [-0.3, -0.25) is 4.79 Å². The highest BCUT2D eigenvalue weighted by Gasteiger charge is 2.68. The Balaban J connectivity index is 1.29. The Morgan fingerprint density at radius 1 is 1.08 bits per heavy atom. The summed E-state index contributed by atoms with van der Waals surface area (Å²) < 4.78 is 55.0. The fourth-order valence-corrected chi connectivity index (χ4v) is 6.82. The number of carbonyl (C=O) groups excluding carboxylic acids is 1. The standard InChI is InChI=1S/C29H36BF3N2O4/c1-27(2)20-15-24(27)28(3)25(16-20)38-30(39-28)21(13-19-9-11-22(12-10-19)37-29(31,32)33)17-35-26(36)23(34)14-18-7-5-4-6-8-18/h4-12,20-21,23-25H,13-17,34H2,1-3H3,(H,35,36)/t20?,21-,23+,24?,25?,28-/m1/s1. The smallest absolute Gasteiger partial charge is 0.406 e. The van der Waals surface area contributed by atoms with Crippen molar-refractivity contribution in [2.45, 2.75) is 76.4 Å². The highest BCUT2D eigenvalue weighted by atomic mass is 19.4. The van der Waals surface area contributed by atoms with E-state index in [0.29, 0.717) is 24.7 Å². The molecule has 1 saturated heterocycles. The van der Waals surface area contributed by atoms with E-state index >= 15 is 0 Å². The van der Waals surface area contributed by atoms with Gasteiger partial charge in [0.1, 0.15) is 5.75 Å². The largest absolute Gasteiger partial charge is 0.573 e. The first-order valence-electron chi connectivity index (χ1n) is 13.6. The third-order valence-electron chi connectivity index (χ3n) is 9.18. The average Bonchev–Trinajstić information content (AvgIpc) is 3.24. The van der Waals surface area contributed by atoms with E-state index in [1.165, 1.54) is 12.1 Å². The molecule has 39 heavy (non-hydrogen) atoms. The molecule has 0 spiro atoms. The minimum absolute atomic E-state index is 0.0274. The lowest BCUT2D eigenvalue weighted by atomic mass is 9.43. The number of rotatable bonds is 9. The molecule has 0 radical (unpaired) electrons. The molecule has 3 saturated carbocycles. The lowest BCUT2D eigenvalue weighted by molar-refractivity contribution is -0.274. The van der Waals surface area contributed by atoms with Gasteiger partial charge in [0.15, 0.2) is 0 Å². The van der Waals surface area contributed by atoms with Crippen LogP contribution in [0.15, 0.2) is 54.6 Å². The van der Waals surface area contributed by atoms with E-state index in [1.54, 1.807) is 12.1 Å². The summed E-state index contributed by atoms with van der Waals surface area (Å²) in [4.78, 5) is 12.9. The maximum Gasteiger partial charge on any atom is 0.573 e. The van der Waals surface area contributed by atoms with Crippen LogP contribution in [0, 0.1) is 17.3 Å². The van der Waals surface area contributed by atoms with Crippen LogP contribution >= 0.6 is 0 Å². The predicted octanol–water partition coefficient (Wildman–Crippen LogP) is 4.91. The van der Waals surface area contributed by atoms with Gasteiger partial charge in [-0.05, 0) is 73.1 Å². The number of alkyl halides is 3. The summed E-state index contributed by atoms with van der Waals surface area (Å²) in [7, 11) is -0.563. The minimum Gasteiger partial charge on any atom is -0.406 e. The average molecular weight is 544 g/mol. The van der Waals surface area contributed by atoms with E-state index in [2.05, 4.69) is 30.8 Å². The highest BCUT2D eigenvalue weighted by Crippen LogP contribution is 2.66. The van der Waals surface area contributed by atoms with E-state index in [4.69, 9.17) is 15.0 Å². The molecule has 3 unspecified atom stereocenters. The van der Waals surface area contributed by atoms with Crippen molar-refractivity contribution in [3.8, 4) is 5.75 Å². The zero-order chi connectivity index (χ0) is 28.0. The highest BCUT2D eigenvalue weighted by molar-refractivity contribution is 6.47. The van der Waals surface area contributed by atoms with Gasteiger partial charge < -0.3 is 25.1 Å². The Labute approximate surface area is 227 Å². The number of nitrogens with two attached hydrogens (primary N) is 1. The van der Waals surface area contributed by atoms with Crippen LogP contribution in [0.4, 0.5) is 13.2 Å². The molecule has 6 rings (SSSR count). The van der Waals surface area contributed by atoms with Gasteiger partial charge in [0.2, 0.25) is 5.91 Å². The van der Waals surface area contributed by atoms with Crippen LogP contribution in [0.5, 0.6) is 5.75 Å². The first kappa shape index (κ1) is 28.0. The number of carbonyl (C=O) groups is 1. The van der Waals surface area contributed by atoms with Gasteiger partial charge in [-0.2, -0.15) is 0 Å². The number of nitrogens with one attached hydrogen (secondary N) is 1. The first-order chi connectivity index (χ1) is 18.3. The minimum atomic E-state index is -4.75. The van der Waals surface area contributed by atoms with Gasteiger partial charge in [0.05, 0.1) is 17.7 Å². The second-order valence-corrected chi connectivity index (χ2v) is 12.0. The third-order valence-corrected chi connectivity index (χ3v) is 9.18. The van der Waals surface area contributed by atoms with Crippen LogP contribution in [0.25, 0.3) is 0 Å². The Bertz CT molecular complexity index is 1160. The van der Waals surface area contributed by atoms with Gasteiger partial charge in [0.25, 0.3) is 0 Å². The molecule has 2 bridgehead atoms. The van der Waals surface area contributed by atoms with Crippen LogP contribution in [-0.4, -0.2) is 43.7 Å². The van der Waals surface area contributed by atoms with Crippen molar-refractivity contribution < 1.29 is 32.0 Å². The second kappa shape index (κ2) is 10.4. The number of hydrogen-bond acceptors (Lipinski definition) is 5. The third kappa shape index (κ3) is 5.83. The molecule has 3 N–H and O–H groups in total. The van der Waals surface area contributed by atoms with Gasteiger partial charge in [0, 0.05) is 12.4 Å². The predicted molar refractivity (Wildman–Crippen MR) is 142 cm³/mol. The molecule has 1 amide bonds. The summed E-state index contributed by atoms with van der Waals surface area (Å²) in [6.07, 6.45) is -1.88. The lowest BCUT2D eigenvalue weighted by Crippen LogP contribution is -2.65. The zero-order valence-electron chi connectivity index (χ0n) is 22.5. The molecule has 4 aliphatic rings. The van der Waals surface area contributed by atoms with E-state index in [9.17, 15) is 18.0 Å². The van der Waals surface area contributed by atoms with Gasteiger partial charge in [-0.15, -0.1) is 13.2 Å². The molecule has 2 aromatic rings. The van der Waals surface area contributed by atoms with Gasteiger partial charge in [-0.1, -0.05) is 56.3 Å². The van der Waals surface area contributed by atoms with Crippen LogP contribution in [0.3, 0.4) is 0 Å². The van der Waals surface area contributed by atoms with Crippen molar-refractivity contribution in [3.05, 3.63) is 65.7 Å².